The molecule has 0 aliphatic carbocycles. The molecule has 0 saturated carbocycles. The second-order valence-electron chi connectivity index (χ2n) is 3.73. The first-order chi connectivity index (χ1) is 9.63. The molecule has 2 rings (SSSR count). The molecule has 104 valence electrons. The Labute approximate surface area is 120 Å². The van der Waals surface area contributed by atoms with Crippen molar-refractivity contribution in [3.8, 4) is 11.5 Å². The number of nitrogens with zero attached hydrogens (tertiary/aromatic N) is 2. The first-order valence-corrected chi connectivity index (χ1v) is 6.03. The number of halogens is 1. The van der Waals surface area contributed by atoms with E-state index in [1.165, 1.54) is 26.5 Å². The van der Waals surface area contributed by atoms with Gasteiger partial charge in [0.15, 0.2) is 0 Å². The minimum Gasteiger partial charge on any atom is -0.497 e. The molecule has 7 heteroatoms. The highest BCUT2D eigenvalue weighted by molar-refractivity contribution is 6.28. The van der Waals surface area contributed by atoms with Gasteiger partial charge in [-0.05, 0) is 35.9 Å². The van der Waals surface area contributed by atoms with Gasteiger partial charge in [-0.15, -0.1) is 0 Å². The molecule has 0 aliphatic heterocycles. The highest BCUT2D eigenvalue weighted by atomic mass is 35.5. The van der Waals surface area contributed by atoms with Crippen LogP contribution in [0, 0.1) is 0 Å². The van der Waals surface area contributed by atoms with E-state index in [1.54, 1.807) is 18.2 Å². The molecule has 1 N–H and O–H groups in total. The summed E-state index contributed by atoms with van der Waals surface area (Å²) in [6.45, 7) is 0. The standard InChI is InChI=1S/C13H12ClN3O3/c1-19-8-3-4-10(20-2)9(7-8)12(18)16-11-5-6-15-13(14)17-11/h3-7H,1-2H3,(H,15,16,17,18). The lowest BCUT2D eigenvalue weighted by molar-refractivity contribution is 0.102. The first-order valence-electron chi connectivity index (χ1n) is 5.66. The molecule has 0 aliphatic rings. The highest BCUT2D eigenvalue weighted by Crippen LogP contribution is 2.24. The van der Waals surface area contributed by atoms with Crippen LogP contribution in [0.3, 0.4) is 0 Å². The Morgan fingerprint density at radius 2 is 2.05 bits per heavy atom. The van der Waals surface area contributed by atoms with Crippen LogP contribution in [-0.4, -0.2) is 30.1 Å². The average molecular weight is 294 g/mol. The molecule has 1 heterocycles. The molecule has 1 amide bonds. The monoisotopic (exact) mass is 293 g/mol. The van der Waals surface area contributed by atoms with E-state index in [2.05, 4.69) is 15.3 Å². The van der Waals surface area contributed by atoms with Gasteiger partial charge in [0.2, 0.25) is 5.28 Å². The molecular formula is C13H12ClN3O3. The molecule has 0 bridgehead atoms. The fourth-order valence-corrected chi connectivity index (χ4v) is 1.73. The predicted octanol–water partition coefficient (Wildman–Crippen LogP) is 2.40. The Kier molecular flexibility index (Phi) is 4.37. The van der Waals surface area contributed by atoms with Crippen molar-refractivity contribution in [1.29, 1.82) is 0 Å². The lowest BCUT2D eigenvalue weighted by atomic mass is 10.1. The zero-order chi connectivity index (χ0) is 14.5. The van der Waals surface area contributed by atoms with E-state index in [0.717, 1.165) is 0 Å². The lowest BCUT2D eigenvalue weighted by Crippen LogP contribution is -2.14. The fourth-order valence-electron chi connectivity index (χ4n) is 1.58. The van der Waals surface area contributed by atoms with Gasteiger partial charge in [-0.3, -0.25) is 4.79 Å². The largest absolute Gasteiger partial charge is 0.497 e. The van der Waals surface area contributed by atoms with E-state index in [9.17, 15) is 4.79 Å². The minimum atomic E-state index is -0.379. The van der Waals surface area contributed by atoms with Crippen molar-refractivity contribution >= 4 is 23.3 Å². The number of carbonyl (C=O) groups is 1. The van der Waals surface area contributed by atoms with Gasteiger partial charge in [0, 0.05) is 6.20 Å². The molecular weight excluding hydrogens is 282 g/mol. The van der Waals surface area contributed by atoms with Crippen molar-refractivity contribution < 1.29 is 14.3 Å². The number of rotatable bonds is 4. The quantitative estimate of drug-likeness (QED) is 0.876. The Hall–Kier alpha value is -2.34. The second-order valence-corrected chi connectivity index (χ2v) is 4.07. The van der Waals surface area contributed by atoms with Gasteiger partial charge in [0.05, 0.1) is 19.8 Å². The summed E-state index contributed by atoms with van der Waals surface area (Å²) in [5.41, 5.74) is 0.335. The van der Waals surface area contributed by atoms with Crippen molar-refractivity contribution in [2.75, 3.05) is 19.5 Å². The summed E-state index contributed by atoms with van der Waals surface area (Å²) in [6.07, 6.45) is 1.45. The van der Waals surface area contributed by atoms with E-state index >= 15 is 0 Å². The van der Waals surface area contributed by atoms with Crippen LogP contribution in [0.4, 0.5) is 5.82 Å². The van der Waals surface area contributed by atoms with Gasteiger partial charge < -0.3 is 14.8 Å². The maximum Gasteiger partial charge on any atom is 0.260 e. The first kappa shape index (κ1) is 14.1. The number of nitrogens with one attached hydrogen (secondary N) is 1. The summed E-state index contributed by atoms with van der Waals surface area (Å²) >= 11 is 5.66. The summed E-state index contributed by atoms with van der Waals surface area (Å²) < 4.78 is 10.2. The Morgan fingerprint density at radius 1 is 1.25 bits per heavy atom. The molecule has 1 aromatic heterocycles. The molecule has 2 aromatic rings. The highest BCUT2D eigenvalue weighted by Gasteiger charge is 2.14. The number of ether oxygens (including phenoxy) is 2. The number of amides is 1. The molecule has 1 aromatic carbocycles. The summed E-state index contributed by atoms with van der Waals surface area (Å²) in [5.74, 6) is 0.913. The molecule has 0 saturated heterocycles. The molecule has 0 unspecified atom stereocenters. The van der Waals surface area contributed by atoms with Crippen LogP contribution >= 0.6 is 11.6 Å². The number of hydrogen-bond donors (Lipinski definition) is 1. The summed E-state index contributed by atoms with van der Waals surface area (Å²) in [4.78, 5) is 19.8. The Balaban J connectivity index is 2.28. The predicted molar refractivity (Wildman–Crippen MR) is 74.5 cm³/mol. The smallest absolute Gasteiger partial charge is 0.260 e. The maximum absolute atomic E-state index is 12.2. The van der Waals surface area contributed by atoms with Gasteiger partial charge in [-0.1, -0.05) is 0 Å². The molecule has 0 spiro atoms. The SMILES string of the molecule is COc1ccc(OC)c(C(=O)Nc2ccnc(Cl)n2)c1. The molecule has 0 radical (unpaired) electrons. The van der Waals surface area contributed by atoms with E-state index in [4.69, 9.17) is 21.1 Å². The van der Waals surface area contributed by atoms with Crippen LogP contribution in [0.5, 0.6) is 11.5 Å². The van der Waals surface area contributed by atoms with Crippen molar-refractivity contribution in [1.82, 2.24) is 9.97 Å². The minimum absolute atomic E-state index is 0.0559. The molecule has 0 fully saturated rings. The summed E-state index contributed by atoms with van der Waals surface area (Å²) in [5, 5.41) is 2.67. The number of benzene rings is 1. The van der Waals surface area contributed by atoms with Gasteiger partial charge in [-0.25, -0.2) is 9.97 Å². The van der Waals surface area contributed by atoms with E-state index in [0.29, 0.717) is 22.9 Å². The average Bonchev–Trinajstić information content (AvgIpc) is 2.46. The zero-order valence-electron chi connectivity index (χ0n) is 10.9. The van der Waals surface area contributed by atoms with Crippen LogP contribution < -0.4 is 14.8 Å². The number of hydrogen-bond acceptors (Lipinski definition) is 5. The number of aromatic nitrogens is 2. The Bertz CT molecular complexity index is 634. The summed E-state index contributed by atoms with van der Waals surface area (Å²) in [7, 11) is 3.01. The number of methoxy groups -OCH3 is 2. The van der Waals surface area contributed by atoms with E-state index < -0.39 is 0 Å². The number of anilines is 1. The summed E-state index contributed by atoms with van der Waals surface area (Å²) in [6, 6.07) is 6.48. The number of carbonyl (C=O) groups excluding carboxylic acids is 1. The normalized spacial score (nSPS) is 9.95. The van der Waals surface area contributed by atoms with Gasteiger partial charge in [0.1, 0.15) is 17.3 Å². The zero-order valence-corrected chi connectivity index (χ0v) is 11.6. The third-order valence-electron chi connectivity index (χ3n) is 2.52. The third kappa shape index (κ3) is 3.16. The van der Waals surface area contributed by atoms with Gasteiger partial charge in [0.25, 0.3) is 5.91 Å². The maximum atomic E-state index is 12.2. The third-order valence-corrected chi connectivity index (χ3v) is 2.70. The molecule has 20 heavy (non-hydrogen) atoms. The van der Waals surface area contributed by atoms with Gasteiger partial charge in [-0.2, -0.15) is 0 Å². The Morgan fingerprint density at radius 3 is 2.70 bits per heavy atom. The van der Waals surface area contributed by atoms with Crippen LogP contribution in [0.2, 0.25) is 5.28 Å². The lowest BCUT2D eigenvalue weighted by Gasteiger charge is -2.10. The molecule has 6 nitrogen and oxygen atoms in total. The van der Waals surface area contributed by atoms with Crippen molar-refractivity contribution in [3.63, 3.8) is 0 Å². The van der Waals surface area contributed by atoms with Crippen LogP contribution in [0.25, 0.3) is 0 Å². The van der Waals surface area contributed by atoms with Crippen LogP contribution in [0.1, 0.15) is 10.4 Å². The van der Waals surface area contributed by atoms with E-state index in [1.807, 2.05) is 0 Å². The van der Waals surface area contributed by atoms with E-state index in [-0.39, 0.29) is 11.2 Å². The molecule has 0 atom stereocenters. The van der Waals surface area contributed by atoms with Gasteiger partial charge >= 0.3 is 0 Å². The van der Waals surface area contributed by atoms with Crippen LogP contribution in [-0.2, 0) is 0 Å². The van der Waals surface area contributed by atoms with Crippen molar-refractivity contribution in [3.05, 3.63) is 41.3 Å². The topological polar surface area (TPSA) is 73.3 Å². The van der Waals surface area contributed by atoms with Crippen LogP contribution in [0.15, 0.2) is 30.5 Å². The van der Waals surface area contributed by atoms with Crippen molar-refractivity contribution in [2.24, 2.45) is 0 Å². The fraction of sp³-hybridized carbons (Fsp3) is 0.154. The van der Waals surface area contributed by atoms with Crippen molar-refractivity contribution in [2.45, 2.75) is 0 Å². The second kappa shape index (κ2) is 6.21.